The molecule has 1 aromatic rings. The highest BCUT2D eigenvalue weighted by molar-refractivity contribution is 5.96. The second-order valence-electron chi connectivity index (χ2n) is 4.07. The molecule has 0 saturated heterocycles. The van der Waals surface area contributed by atoms with Crippen molar-refractivity contribution in [1.82, 2.24) is 5.64 Å². The fourth-order valence-corrected chi connectivity index (χ4v) is 1.97. The van der Waals surface area contributed by atoms with E-state index in [-0.39, 0.29) is 0 Å². The number of fused-ring (bicyclic) bond motifs is 1. The molecule has 2 aliphatic rings. The van der Waals surface area contributed by atoms with Gasteiger partial charge in [-0.25, -0.2) is 0 Å². The van der Waals surface area contributed by atoms with Gasteiger partial charge >= 0.3 is 0 Å². The number of nitrogens with one attached hydrogen (secondary N) is 1. The van der Waals surface area contributed by atoms with Crippen molar-refractivity contribution in [3.8, 4) is 22.3 Å². The van der Waals surface area contributed by atoms with E-state index < -0.39 is 0 Å². The maximum atomic E-state index is 4.22. The van der Waals surface area contributed by atoms with Crippen LogP contribution in [-0.2, 0) is 9.68 Å². The van der Waals surface area contributed by atoms with E-state index in [0.717, 1.165) is 0 Å². The normalized spacial score (nSPS) is 10.6. The van der Waals surface area contributed by atoms with E-state index in [1.165, 1.54) is 42.0 Å². The zero-order valence-corrected chi connectivity index (χ0v) is 10.9. The Morgan fingerprint density at radius 1 is 0.833 bits per heavy atom. The van der Waals surface area contributed by atoms with Crippen LogP contribution in [-0.4, -0.2) is 14.2 Å². The van der Waals surface area contributed by atoms with Crippen molar-refractivity contribution in [3.05, 3.63) is 48.0 Å². The lowest BCUT2D eigenvalue weighted by Crippen LogP contribution is -2.07. The van der Waals surface area contributed by atoms with Crippen molar-refractivity contribution in [1.29, 1.82) is 0 Å². The first-order valence-electron chi connectivity index (χ1n) is 5.79. The molecule has 0 amide bonds. The van der Waals surface area contributed by atoms with Crippen LogP contribution in [0.1, 0.15) is 5.56 Å². The van der Waals surface area contributed by atoms with E-state index in [4.69, 9.17) is 0 Å². The molecule has 0 aromatic heterocycles. The van der Waals surface area contributed by atoms with Gasteiger partial charge in [-0.15, -0.1) is 0 Å². The third kappa shape index (κ3) is 2.43. The summed E-state index contributed by atoms with van der Waals surface area (Å²) in [6.07, 6.45) is 0. The number of rotatable bonds is 3. The molecule has 18 heavy (non-hydrogen) atoms. The first-order chi connectivity index (χ1) is 8.77. The third-order valence-electron chi connectivity index (χ3n) is 2.93. The molecular formula is C15H17NO2. The second kappa shape index (κ2) is 5.78. The zero-order valence-electron chi connectivity index (χ0n) is 10.9. The van der Waals surface area contributed by atoms with Crippen LogP contribution in [0.25, 0.3) is 22.3 Å². The van der Waals surface area contributed by atoms with Crippen LogP contribution < -0.4 is 5.64 Å². The van der Waals surface area contributed by atoms with Gasteiger partial charge in [-0.05, 0) is 40.8 Å². The summed E-state index contributed by atoms with van der Waals surface area (Å²) in [5, 5.41) is 0. The van der Waals surface area contributed by atoms with Gasteiger partial charge in [0.2, 0.25) is 0 Å². The van der Waals surface area contributed by atoms with E-state index in [0.29, 0.717) is 0 Å². The van der Waals surface area contributed by atoms with Crippen LogP contribution in [0.4, 0.5) is 0 Å². The SMILES string of the molecule is CONOC.Cc1ccccc1-c1cc2ccc1-2. The summed E-state index contributed by atoms with van der Waals surface area (Å²) in [4.78, 5) is 8.44. The van der Waals surface area contributed by atoms with E-state index >= 15 is 0 Å². The van der Waals surface area contributed by atoms with Crippen molar-refractivity contribution in [2.45, 2.75) is 6.92 Å². The Morgan fingerprint density at radius 2 is 1.56 bits per heavy atom. The third-order valence-corrected chi connectivity index (χ3v) is 2.93. The predicted octanol–water partition coefficient (Wildman–Crippen LogP) is 3.34. The van der Waals surface area contributed by atoms with E-state index in [2.05, 4.69) is 64.7 Å². The van der Waals surface area contributed by atoms with Gasteiger partial charge in [-0.3, -0.25) is 9.68 Å². The molecule has 0 fully saturated rings. The van der Waals surface area contributed by atoms with Crippen LogP contribution in [0.3, 0.4) is 0 Å². The van der Waals surface area contributed by atoms with Crippen LogP contribution >= 0.6 is 0 Å². The molecule has 0 heterocycles. The first-order valence-corrected chi connectivity index (χ1v) is 5.79. The smallest absolute Gasteiger partial charge is 0.0599 e. The molecule has 1 N–H and O–H groups in total. The van der Waals surface area contributed by atoms with E-state index in [9.17, 15) is 0 Å². The number of aryl methyl sites for hydroxylation is 1. The van der Waals surface area contributed by atoms with Crippen molar-refractivity contribution in [2.75, 3.05) is 14.2 Å². The van der Waals surface area contributed by atoms with Gasteiger partial charge in [0, 0.05) is 0 Å². The maximum absolute atomic E-state index is 4.22. The molecule has 0 atom stereocenters. The topological polar surface area (TPSA) is 30.5 Å². The Bertz CT molecular complexity index is 536. The fourth-order valence-electron chi connectivity index (χ4n) is 1.97. The molecule has 0 radical (unpaired) electrons. The minimum atomic E-state index is 1.36. The van der Waals surface area contributed by atoms with Crippen molar-refractivity contribution < 1.29 is 9.68 Å². The quantitative estimate of drug-likeness (QED) is 0.716. The molecule has 2 aliphatic carbocycles. The molecule has 3 rings (SSSR count). The Labute approximate surface area is 107 Å². The summed E-state index contributed by atoms with van der Waals surface area (Å²) in [5.74, 6) is 0. The summed E-state index contributed by atoms with van der Waals surface area (Å²) in [7, 11) is 2.95. The van der Waals surface area contributed by atoms with Crippen molar-refractivity contribution in [2.24, 2.45) is 0 Å². The Morgan fingerprint density at radius 3 is 1.94 bits per heavy atom. The van der Waals surface area contributed by atoms with Crippen LogP contribution in [0.15, 0.2) is 42.5 Å². The average molecular weight is 243 g/mol. The van der Waals surface area contributed by atoms with Crippen molar-refractivity contribution >= 4 is 0 Å². The predicted molar refractivity (Wildman–Crippen MR) is 72.8 cm³/mol. The number of benzene rings is 2. The molecule has 0 unspecified atom stereocenters. The maximum Gasteiger partial charge on any atom is 0.0599 e. The van der Waals surface area contributed by atoms with Crippen LogP contribution in [0.5, 0.6) is 0 Å². The lowest BCUT2D eigenvalue weighted by atomic mass is 9.82. The molecule has 3 heteroatoms. The molecule has 0 bridgehead atoms. The molecule has 94 valence electrons. The molecule has 0 aliphatic heterocycles. The van der Waals surface area contributed by atoms with Gasteiger partial charge in [-0.1, -0.05) is 42.0 Å². The van der Waals surface area contributed by atoms with E-state index in [1.54, 1.807) is 0 Å². The van der Waals surface area contributed by atoms with Gasteiger partial charge < -0.3 is 0 Å². The number of hydrogen-bond acceptors (Lipinski definition) is 3. The summed E-state index contributed by atoms with van der Waals surface area (Å²) in [6.45, 7) is 2.16. The van der Waals surface area contributed by atoms with Crippen molar-refractivity contribution in [3.63, 3.8) is 0 Å². The minimum absolute atomic E-state index is 1.36. The molecule has 1 aromatic carbocycles. The Kier molecular flexibility index (Phi) is 4.10. The van der Waals surface area contributed by atoms with Gasteiger partial charge in [0.25, 0.3) is 0 Å². The number of hydrogen-bond donors (Lipinski definition) is 1. The standard InChI is InChI=1S/C13H10.C2H7NO2/c1-9-4-2-3-5-11(9)13-8-10-6-7-12(10)13;1-4-3-5-2/h2-8H,1H3;3H,1-2H3. The highest BCUT2D eigenvalue weighted by atomic mass is 16.9. The van der Waals surface area contributed by atoms with Crippen LogP contribution in [0, 0.1) is 6.92 Å². The largest absolute Gasteiger partial charge is 0.280 e. The van der Waals surface area contributed by atoms with Crippen LogP contribution in [0.2, 0.25) is 0 Å². The molecule has 0 spiro atoms. The van der Waals surface area contributed by atoms with Gasteiger partial charge in [-0.2, -0.15) is 0 Å². The molecule has 0 saturated carbocycles. The lowest BCUT2D eigenvalue weighted by molar-refractivity contribution is -0.130. The highest BCUT2D eigenvalue weighted by Crippen LogP contribution is 2.44. The first kappa shape index (κ1) is 12.8. The minimum Gasteiger partial charge on any atom is -0.280 e. The Hall–Kier alpha value is -1.68. The Balaban J connectivity index is 0.000000209. The van der Waals surface area contributed by atoms with Gasteiger partial charge in [0.1, 0.15) is 0 Å². The average Bonchev–Trinajstić information content (AvgIpc) is 2.36. The highest BCUT2D eigenvalue weighted by Gasteiger charge is 2.18. The summed E-state index contributed by atoms with van der Waals surface area (Å²) >= 11 is 0. The van der Waals surface area contributed by atoms with Gasteiger partial charge in [0.05, 0.1) is 14.2 Å². The van der Waals surface area contributed by atoms with Gasteiger partial charge in [0.15, 0.2) is 0 Å². The summed E-state index contributed by atoms with van der Waals surface area (Å²) in [6, 6.07) is 15.2. The fraction of sp³-hybridized carbons (Fsp3) is 0.200. The molecule has 3 nitrogen and oxygen atoms in total. The summed E-state index contributed by atoms with van der Waals surface area (Å²) in [5.41, 5.74) is 9.12. The summed E-state index contributed by atoms with van der Waals surface area (Å²) < 4.78 is 0. The second-order valence-corrected chi connectivity index (χ2v) is 4.07. The zero-order chi connectivity index (χ0) is 13.0. The lowest BCUT2D eigenvalue weighted by Gasteiger charge is -2.22. The monoisotopic (exact) mass is 243 g/mol. The molecular weight excluding hydrogens is 226 g/mol. The van der Waals surface area contributed by atoms with E-state index in [1.807, 2.05) is 0 Å².